The van der Waals surface area contributed by atoms with E-state index in [2.05, 4.69) is 10.3 Å². The number of nitrogens with two attached hydrogens (primary N) is 3. The van der Waals surface area contributed by atoms with Gasteiger partial charge in [-0.05, 0) is 6.07 Å². The van der Waals surface area contributed by atoms with E-state index in [1.165, 1.54) is 11.8 Å². The Hall–Kier alpha value is -2.74. The molecule has 0 saturated heterocycles. The van der Waals surface area contributed by atoms with Crippen LogP contribution in [-0.4, -0.2) is 23.5 Å². The van der Waals surface area contributed by atoms with Crippen molar-refractivity contribution in [3.63, 3.8) is 0 Å². The molecule has 0 fully saturated rings. The minimum Gasteiger partial charge on any atom is -0.395 e. The van der Waals surface area contributed by atoms with Crippen LogP contribution in [0.25, 0.3) is 0 Å². The highest BCUT2D eigenvalue weighted by atomic mass is 32.2. The van der Waals surface area contributed by atoms with Gasteiger partial charge in [0.2, 0.25) is 0 Å². The number of nitrogens with one attached hydrogen (secondary N) is 2. The highest BCUT2D eigenvalue weighted by molar-refractivity contribution is 7.99. The van der Waals surface area contributed by atoms with E-state index in [1.807, 2.05) is 6.07 Å². The van der Waals surface area contributed by atoms with E-state index in [-0.39, 0.29) is 28.8 Å². The van der Waals surface area contributed by atoms with E-state index in [1.54, 1.807) is 37.4 Å². The predicted octanol–water partition coefficient (Wildman–Crippen LogP) is 2.39. The van der Waals surface area contributed by atoms with E-state index in [9.17, 15) is 4.39 Å². The molecule has 0 radical (unpaired) electrons. The molecule has 0 aliphatic carbocycles. The van der Waals surface area contributed by atoms with E-state index in [0.717, 1.165) is 0 Å². The van der Waals surface area contributed by atoms with Crippen LogP contribution in [0.5, 0.6) is 0 Å². The number of pyridine rings is 1. The molecule has 24 heavy (non-hydrogen) atoms. The first-order chi connectivity index (χ1) is 11.4. The molecule has 1 aromatic heterocycles. The minimum atomic E-state index is -0.621. The Morgan fingerprint density at radius 3 is 2.54 bits per heavy atom. The molecule has 0 aliphatic heterocycles. The van der Waals surface area contributed by atoms with Crippen LogP contribution >= 0.6 is 11.8 Å². The van der Waals surface area contributed by atoms with Gasteiger partial charge in [0.25, 0.3) is 0 Å². The summed E-state index contributed by atoms with van der Waals surface area (Å²) in [4.78, 5) is 4.48. The third-order valence-corrected chi connectivity index (χ3v) is 4.37. The monoisotopic (exact) mass is 346 g/mol. The van der Waals surface area contributed by atoms with Crippen molar-refractivity contribution in [2.45, 2.75) is 4.90 Å². The summed E-state index contributed by atoms with van der Waals surface area (Å²) in [6.07, 6.45) is 0. The van der Waals surface area contributed by atoms with Crippen molar-refractivity contribution in [3.8, 4) is 0 Å². The maximum atomic E-state index is 14.6. The van der Waals surface area contributed by atoms with Gasteiger partial charge in [0.15, 0.2) is 5.83 Å². The standard InChI is InChI=1S/C16H19FN6S/c1-22-10(13(17)14(19)9-5-3-2-4-6-9)8-24-11-7-12(18)23-16(21)15(11)20/h2-7,19,22H,8,20H2,1H3,(H4,18,21,23)/b13-10+,19-14?. The van der Waals surface area contributed by atoms with Crippen LogP contribution in [0.3, 0.4) is 0 Å². The van der Waals surface area contributed by atoms with Crippen LogP contribution < -0.4 is 22.5 Å². The maximum Gasteiger partial charge on any atom is 0.168 e. The minimum absolute atomic E-state index is 0.144. The molecule has 0 amide bonds. The number of nitrogens with zero attached hydrogens (tertiary/aromatic N) is 1. The largest absolute Gasteiger partial charge is 0.395 e. The third-order valence-electron chi connectivity index (χ3n) is 3.29. The first-order valence-corrected chi connectivity index (χ1v) is 8.07. The lowest BCUT2D eigenvalue weighted by Crippen LogP contribution is -2.15. The predicted molar refractivity (Wildman–Crippen MR) is 98.7 cm³/mol. The lowest BCUT2D eigenvalue weighted by molar-refractivity contribution is 0.655. The van der Waals surface area contributed by atoms with Gasteiger partial charge in [-0.25, -0.2) is 9.37 Å². The van der Waals surface area contributed by atoms with Crippen molar-refractivity contribution in [1.82, 2.24) is 10.3 Å². The van der Waals surface area contributed by atoms with Gasteiger partial charge in [-0.1, -0.05) is 30.3 Å². The number of thioether (sulfide) groups is 1. The fourth-order valence-corrected chi connectivity index (χ4v) is 3.00. The van der Waals surface area contributed by atoms with Crippen molar-refractivity contribution in [2.75, 3.05) is 30.0 Å². The lowest BCUT2D eigenvalue weighted by atomic mass is 10.1. The second kappa shape index (κ2) is 7.69. The number of allylic oxidation sites excluding steroid dienone is 1. The first-order valence-electron chi connectivity index (χ1n) is 7.09. The fourth-order valence-electron chi connectivity index (χ4n) is 1.97. The van der Waals surface area contributed by atoms with Gasteiger partial charge < -0.3 is 22.5 Å². The van der Waals surface area contributed by atoms with Crippen LogP contribution in [0, 0.1) is 5.41 Å². The Labute approximate surface area is 143 Å². The number of benzene rings is 1. The van der Waals surface area contributed by atoms with Crippen molar-refractivity contribution in [2.24, 2.45) is 0 Å². The van der Waals surface area contributed by atoms with Crippen molar-refractivity contribution < 1.29 is 4.39 Å². The summed E-state index contributed by atoms with van der Waals surface area (Å²) in [6, 6.07) is 10.3. The average molecular weight is 346 g/mol. The molecule has 0 atom stereocenters. The zero-order valence-electron chi connectivity index (χ0n) is 13.1. The molecule has 2 aromatic rings. The molecular formula is C16H19FN6S. The molecule has 0 spiro atoms. The van der Waals surface area contributed by atoms with Crippen molar-refractivity contribution in [1.29, 1.82) is 5.41 Å². The molecule has 2 rings (SSSR count). The Bertz CT molecular complexity index is 776. The highest BCUT2D eigenvalue weighted by Gasteiger charge is 2.15. The molecule has 0 unspecified atom stereocenters. The molecule has 1 aromatic carbocycles. The van der Waals surface area contributed by atoms with Gasteiger partial charge in [-0.3, -0.25) is 5.41 Å². The first kappa shape index (κ1) is 17.6. The quantitative estimate of drug-likeness (QED) is 0.404. The van der Waals surface area contributed by atoms with Crippen LogP contribution in [0.4, 0.5) is 21.7 Å². The number of rotatable bonds is 6. The van der Waals surface area contributed by atoms with Gasteiger partial charge in [0.05, 0.1) is 17.1 Å². The number of anilines is 3. The topological polar surface area (TPSA) is 127 Å². The summed E-state index contributed by atoms with van der Waals surface area (Å²) in [6.45, 7) is 0. The second-order valence-corrected chi connectivity index (χ2v) is 5.93. The normalized spacial score (nSPS) is 11.8. The summed E-state index contributed by atoms with van der Waals surface area (Å²) in [5, 5.41) is 10.8. The highest BCUT2D eigenvalue weighted by Crippen LogP contribution is 2.31. The Morgan fingerprint density at radius 1 is 1.25 bits per heavy atom. The number of aromatic nitrogens is 1. The molecule has 8 heteroatoms. The van der Waals surface area contributed by atoms with Crippen molar-refractivity contribution in [3.05, 3.63) is 53.5 Å². The molecule has 0 aliphatic rings. The number of halogens is 1. The Balaban J connectivity index is 2.21. The smallest absolute Gasteiger partial charge is 0.168 e. The summed E-state index contributed by atoms with van der Waals surface area (Å²) in [7, 11) is 1.60. The molecule has 126 valence electrons. The van der Waals surface area contributed by atoms with E-state index in [0.29, 0.717) is 16.1 Å². The van der Waals surface area contributed by atoms with Crippen LogP contribution in [0.15, 0.2) is 52.8 Å². The van der Waals surface area contributed by atoms with E-state index < -0.39 is 5.83 Å². The van der Waals surface area contributed by atoms with Crippen LogP contribution in [-0.2, 0) is 0 Å². The number of hydrogen-bond acceptors (Lipinski definition) is 7. The van der Waals surface area contributed by atoms with E-state index in [4.69, 9.17) is 22.6 Å². The molecule has 8 N–H and O–H groups in total. The molecule has 0 bridgehead atoms. The summed E-state index contributed by atoms with van der Waals surface area (Å²) >= 11 is 1.27. The molecular weight excluding hydrogens is 327 g/mol. The van der Waals surface area contributed by atoms with Gasteiger partial charge >= 0.3 is 0 Å². The summed E-state index contributed by atoms with van der Waals surface area (Å²) in [5.74, 6) is 0.0106. The van der Waals surface area contributed by atoms with E-state index >= 15 is 0 Å². The second-order valence-electron chi connectivity index (χ2n) is 4.92. The van der Waals surface area contributed by atoms with Gasteiger partial charge in [0, 0.05) is 23.3 Å². The summed E-state index contributed by atoms with van der Waals surface area (Å²) in [5.41, 5.74) is 18.1. The molecule has 0 saturated carbocycles. The van der Waals surface area contributed by atoms with Crippen molar-refractivity contribution >= 4 is 34.8 Å². The molecule has 6 nitrogen and oxygen atoms in total. The Morgan fingerprint density at radius 2 is 1.92 bits per heavy atom. The Kier molecular flexibility index (Phi) is 5.64. The average Bonchev–Trinajstić information content (AvgIpc) is 2.59. The zero-order chi connectivity index (χ0) is 17.7. The maximum absolute atomic E-state index is 14.6. The SMILES string of the molecule is CN/C(CSc1cc(N)nc(N)c1N)=C(/F)C(=N)c1ccccc1. The summed E-state index contributed by atoms with van der Waals surface area (Å²) < 4.78 is 14.6. The third kappa shape index (κ3) is 3.96. The lowest BCUT2D eigenvalue weighted by Gasteiger charge is -2.12. The number of nitrogen functional groups attached to an aromatic ring is 3. The molecule has 1 heterocycles. The number of hydrogen-bond donors (Lipinski definition) is 5. The van der Waals surface area contributed by atoms with Gasteiger partial charge in [0.1, 0.15) is 11.6 Å². The van der Waals surface area contributed by atoms with Gasteiger partial charge in [-0.2, -0.15) is 0 Å². The van der Waals surface area contributed by atoms with Crippen LogP contribution in [0.2, 0.25) is 0 Å². The van der Waals surface area contributed by atoms with Crippen LogP contribution in [0.1, 0.15) is 5.56 Å². The zero-order valence-corrected chi connectivity index (χ0v) is 14.0. The fraction of sp³-hybridized carbons (Fsp3) is 0.125. The van der Waals surface area contributed by atoms with Gasteiger partial charge in [-0.15, -0.1) is 11.8 Å².